The summed E-state index contributed by atoms with van der Waals surface area (Å²) in [6, 6.07) is 17.1. The maximum Gasteiger partial charge on any atom is 0.123 e. The number of hydrogen-bond acceptors (Lipinski definition) is 3. The molecule has 2 aromatic rings. The van der Waals surface area contributed by atoms with Gasteiger partial charge in [-0.15, -0.1) is 0 Å². The first-order valence-electron chi connectivity index (χ1n) is 15.4. The average molecular weight is 556 g/mol. The van der Waals surface area contributed by atoms with Gasteiger partial charge in [-0.25, -0.2) is 0 Å². The number of nitrogens with one attached hydrogen (secondary N) is 1. The first-order chi connectivity index (χ1) is 19.7. The van der Waals surface area contributed by atoms with Crippen LogP contribution in [0.4, 0.5) is 0 Å². The number of nitrogens with zero attached hydrogens (tertiary/aromatic N) is 2. The first-order valence-corrected chi connectivity index (χ1v) is 15.4. The summed E-state index contributed by atoms with van der Waals surface area (Å²) in [6.45, 7) is 28.7. The second-order valence-electron chi connectivity index (χ2n) is 9.71. The number of hydrogen-bond donors (Lipinski definition) is 1. The molecule has 2 aliphatic heterocycles. The largest absolute Gasteiger partial charge is 0.359 e. The molecule has 0 bridgehead atoms. The number of aryl methyl sites for hydroxylation is 3. The van der Waals surface area contributed by atoms with Crippen molar-refractivity contribution >= 4 is 11.4 Å². The normalized spacial score (nSPS) is 14.6. The molecule has 0 aromatic heterocycles. The van der Waals surface area contributed by atoms with Crippen LogP contribution in [0.25, 0.3) is 5.70 Å². The van der Waals surface area contributed by atoms with Crippen LogP contribution in [0, 0.1) is 20.8 Å². The maximum absolute atomic E-state index is 4.78. The van der Waals surface area contributed by atoms with Crippen LogP contribution in [-0.4, -0.2) is 16.8 Å². The molecule has 1 atom stereocenters. The zero-order valence-electron chi connectivity index (χ0n) is 28.1. The van der Waals surface area contributed by atoms with Gasteiger partial charge in [0.1, 0.15) is 6.17 Å². The van der Waals surface area contributed by atoms with Crippen molar-refractivity contribution in [3.05, 3.63) is 125 Å². The quantitative estimate of drug-likeness (QED) is 0.293. The Kier molecular flexibility index (Phi) is 19.3. The van der Waals surface area contributed by atoms with Gasteiger partial charge in [-0.2, -0.15) is 0 Å². The number of allylic oxidation sites excluding steroid dienone is 4. The Bertz CT molecular complexity index is 1150. The van der Waals surface area contributed by atoms with Crippen molar-refractivity contribution in [3.63, 3.8) is 0 Å². The fourth-order valence-electron chi connectivity index (χ4n) is 3.87. The molecule has 0 saturated carbocycles. The van der Waals surface area contributed by atoms with E-state index in [0.717, 1.165) is 29.2 Å². The van der Waals surface area contributed by atoms with E-state index in [1.165, 1.54) is 34.2 Å². The van der Waals surface area contributed by atoms with Gasteiger partial charge >= 0.3 is 0 Å². The molecule has 2 aliphatic rings. The van der Waals surface area contributed by atoms with Crippen molar-refractivity contribution in [2.45, 2.75) is 102 Å². The smallest absolute Gasteiger partial charge is 0.123 e. The zero-order valence-corrected chi connectivity index (χ0v) is 28.1. The van der Waals surface area contributed by atoms with E-state index in [4.69, 9.17) is 4.99 Å². The minimum absolute atomic E-state index is 0.113. The van der Waals surface area contributed by atoms with Gasteiger partial charge in [0.15, 0.2) is 0 Å². The number of aliphatic imine (C=N–C) groups is 1. The molecule has 0 amide bonds. The van der Waals surface area contributed by atoms with Gasteiger partial charge in [-0.05, 0) is 70.4 Å². The lowest BCUT2D eigenvalue weighted by atomic mass is 10.1. The van der Waals surface area contributed by atoms with E-state index in [-0.39, 0.29) is 6.17 Å². The minimum atomic E-state index is 0.113. The Labute approximate surface area is 253 Å². The van der Waals surface area contributed by atoms with Crippen molar-refractivity contribution in [1.82, 2.24) is 10.2 Å². The van der Waals surface area contributed by atoms with Gasteiger partial charge in [0.2, 0.25) is 0 Å². The molecule has 224 valence electrons. The molecule has 2 aromatic carbocycles. The second kappa shape index (κ2) is 21.2. The Morgan fingerprint density at radius 3 is 1.73 bits per heavy atom. The van der Waals surface area contributed by atoms with Crippen molar-refractivity contribution in [3.8, 4) is 0 Å². The van der Waals surface area contributed by atoms with E-state index in [2.05, 4.69) is 125 Å². The molecule has 41 heavy (non-hydrogen) atoms. The highest BCUT2D eigenvalue weighted by atomic mass is 15.3. The molecule has 1 N–H and O–H groups in total. The highest BCUT2D eigenvalue weighted by molar-refractivity contribution is 5.82. The van der Waals surface area contributed by atoms with Crippen molar-refractivity contribution in [2.24, 2.45) is 4.99 Å². The van der Waals surface area contributed by atoms with Crippen LogP contribution in [0.3, 0.4) is 0 Å². The van der Waals surface area contributed by atoms with E-state index in [9.17, 15) is 0 Å². The third kappa shape index (κ3) is 12.6. The zero-order chi connectivity index (χ0) is 31.4. The summed E-state index contributed by atoms with van der Waals surface area (Å²) in [4.78, 5) is 7.04. The first kappa shape index (κ1) is 37.4. The summed E-state index contributed by atoms with van der Waals surface area (Å²) in [5.41, 5.74) is 10.5. The third-order valence-corrected chi connectivity index (χ3v) is 5.74. The molecule has 2 heterocycles. The molecule has 3 heteroatoms. The lowest BCUT2D eigenvalue weighted by Crippen LogP contribution is -2.34. The molecular weight excluding hydrogens is 498 g/mol. The lowest BCUT2D eigenvalue weighted by Gasteiger charge is -2.27. The van der Waals surface area contributed by atoms with Crippen LogP contribution in [0.2, 0.25) is 0 Å². The van der Waals surface area contributed by atoms with E-state index in [1.807, 2.05) is 47.6 Å². The van der Waals surface area contributed by atoms with Gasteiger partial charge in [0.25, 0.3) is 0 Å². The van der Waals surface area contributed by atoms with Crippen LogP contribution in [0.5, 0.6) is 0 Å². The molecule has 1 unspecified atom stereocenters. The summed E-state index contributed by atoms with van der Waals surface area (Å²) in [6.07, 6.45) is 12.8. The summed E-state index contributed by atoms with van der Waals surface area (Å²) in [5.74, 6) is 0. The van der Waals surface area contributed by atoms with Crippen LogP contribution < -0.4 is 5.32 Å². The van der Waals surface area contributed by atoms with Gasteiger partial charge in [-0.3, -0.25) is 4.99 Å². The van der Waals surface area contributed by atoms with E-state index in [0.29, 0.717) is 0 Å². The second-order valence-corrected chi connectivity index (χ2v) is 9.71. The minimum Gasteiger partial charge on any atom is -0.359 e. The molecule has 4 rings (SSSR count). The molecule has 3 nitrogen and oxygen atoms in total. The molecule has 0 aliphatic carbocycles. The van der Waals surface area contributed by atoms with Crippen molar-refractivity contribution in [2.75, 3.05) is 0 Å². The maximum atomic E-state index is 4.78. The highest BCUT2D eigenvalue weighted by Gasteiger charge is 2.32. The topological polar surface area (TPSA) is 27.6 Å². The van der Waals surface area contributed by atoms with E-state index < -0.39 is 0 Å². The molecule has 0 fully saturated rings. The monoisotopic (exact) mass is 555 g/mol. The SMILES string of the molecule is C=C/C=C(\N=C(C)C)C1=C(c2ccc(C)cc2)NC2C=C(CC)C=CN12.CC.CC.CCC.Cc1ccc(C)cc1. The number of benzene rings is 2. The van der Waals surface area contributed by atoms with Crippen LogP contribution in [0.1, 0.15) is 97.4 Å². The predicted octanol–water partition coefficient (Wildman–Crippen LogP) is 11.1. The summed E-state index contributed by atoms with van der Waals surface area (Å²) in [5, 5.41) is 3.69. The molecule has 0 spiro atoms. The molecule has 0 saturated heterocycles. The highest BCUT2D eigenvalue weighted by Crippen LogP contribution is 2.36. The fourth-order valence-corrected chi connectivity index (χ4v) is 3.87. The lowest BCUT2D eigenvalue weighted by molar-refractivity contribution is 0.402. The molecular formula is C38H57N3. The van der Waals surface area contributed by atoms with Gasteiger partial charge in [-0.1, -0.05) is 133 Å². The summed E-state index contributed by atoms with van der Waals surface area (Å²) >= 11 is 0. The van der Waals surface area contributed by atoms with Crippen molar-refractivity contribution < 1.29 is 0 Å². The van der Waals surface area contributed by atoms with E-state index in [1.54, 1.807) is 6.08 Å². The Balaban J connectivity index is 0.000000885. The van der Waals surface area contributed by atoms with E-state index >= 15 is 0 Å². The van der Waals surface area contributed by atoms with Crippen LogP contribution in [0.15, 0.2) is 108 Å². The van der Waals surface area contributed by atoms with Crippen LogP contribution >= 0.6 is 0 Å². The Morgan fingerprint density at radius 1 is 0.854 bits per heavy atom. The van der Waals surface area contributed by atoms with Gasteiger partial charge in [0.05, 0.1) is 17.1 Å². The third-order valence-electron chi connectivity index (χ3n) is 5.74. The Hall–Kier alpha value is -3.59. The number of rotatable bonds is 5. The number of fused-ring (bicyclic) bond motifs is 1. The summed E-state index contributed by atoms with van der Waals surface area (Å²) < 4.78 is 0. The predicted molar refractivity (Wildman–Crippen MR) is 186 cm³/mol. The average Bonchev–Trinajstić information content (AvgIpc) is 3.36. The fraction of sp³-hybridized carbons (Fsp3) is 0.395. The standard InChI is InChI=1S/C23H27N3.C8H10.C3H8.2C2H6/c1-6-8-20(24-16(3)4)23-22(19-11-9-17(5)10-12-19)25-21-15-18(7-2)13-14-26(21)23;1-7-3-5-8(2)6-4-7;1-3-2;2*1-2/h6,8-15,21,25H,1,7H2,2-5H3;3-6H,1-2H3;3H2,1-2H3;2*1-2H3/b20-8-;;;;. The summed E-state index contributed by atoms with van der Waals surface area (Å²) in [7, 11) is 0. The Morgan fingerprint density at radius 2 is 1.32 bits per heavy atom. The van der Waals surface area contributed by atoms with Crippen LogP contribution in [-0.2, 0) is 0 Å². The molecule has 0 radical (unpaired) electrons. The van der Waals surface area contributed by atoms with Gasteiger partial charge in [0, 0.05) is 11.9 Å². The van der Waals surface area contributed by atoms with Gasteiger partial charge < -0.3 is 10.2 Å². The van der Waals surface area contributed by atoms with Crippen molar-refractivity contribution in [1.29, 1.82) is 0 Å².